The number of hydrogen-bond acceptors (Lipinski definition) is 6. The van der Waals surface area contributed by atoms with Crippen LogP contribution in [0, 0.1) is 0 Å². The highest BCUT2D eigenvalue weighted by atomic mass is 32.1. The molecule has 0 aromatic carbocycles. The van der Waals surface area contributed by atoms with Crippen molar-refractivity contribution >= 4 is 13.5 Å². The molecule has 0 spiro atoms. The van der Waals surface area contributed by atoms with E-state index in [1.54, 1.807) is 7.05 Å². The van der Waals surface area contributed by atoms with Crippen molar-refractivity contribution < 1.29 is 25.5 Å². The van der Waals surface area contributed by atoms with Crippen molar-refractivity contribution in [2.24, 2.45) is 0 Å². The predicted octanol–water partition coefficient (Wildman–Crippen LogP) is -3.25. The Balaban J connectivity index is 0. The lowest BCUT2D eigenvalue weighted by molar-refractivity contribution is -0.113. The van der Waals surface area contributed by atoms with E-state index in [4.69, 9.17) is 20.4 Å². The molecule has 0 heterocycles. The quantitative estimate of drug-likeness (QED) is 0.285. The zero-order valence-corrected chi connectivity index (χ0v) is 8.96. The van der Waals surface area contributed by atoms with Gasteiger partial charge < -0.3 is 30.8 Å². The Morgan fingerprint density at radius 1 is 1.00 bits per heavy atom. The molecule has 0 unspecified atom stereocenters. The number of aliphatic hydroxyl groups is 5. The summed E-state index contributed by atoms with van der Waals surface area (Å²) < 4.78 is 0. The maximum atomic E-state index is 9.21. The van der Waals surface area contributed by atoms with Gasteiger partial charge in [0.05, 0.1) is 12.7 Å². The summed E-state index contributed by atoms with van der Waals surface area (Å²) in [4.78, 5) is 0. The first-order valence-corrected chi connectivity index (χ1v) is 4.02. The maximum Gasteiger partial charge on any atom is 0.111 e. The molecule has 6 nitrogen and oxygen atoms in total. The minimum absolute atomic E-state index is 0. The van der Waals surface area contributed by atoms with E-state index < -0.39 is 31.0 Å². The molecule has 0 aromatic rings. The van der Waals surface area contributed by atoms with E-state index in [2.05, 4.69) is 5.32 Å². The number of aliphatic hydroxyl groups excluding tert-OH is 5. The lowest BCUT2D eigenvalue weighted by Crippen LogP contribution is -2.48. The van der Waals surface area contributed by atoms with Crippen LogP contribution >= 0.6 is 13.5 Å². The van der Waals surface area contributed by atoms with Crippen molar-refractivity contribution in [1.29, 1.82) is 0 Å². The first-order valence-electron chi connectivity index (χ1n) is 4.02. The summed E-state index contributed by atoms with van der Waals surface area (Å²) in [5, 5.41) is 47.5. The van der Waals surface area contributed by atoms with E-state index in [-0.39, 0.29) is 20.0 Å². The van der Waals surface area contributed by atoms with E-state index in [0.717, 1.165) is 0 Å². The van der Waals surface area contributed by atoms with Crippen LogP contribution in [0.3, 0.4) is 0 Å². The molecule has 14 heavy (non-hydrogen) atoms. The molecule has 0 saturated carbocycles. The van der Waals surface area contributed by atoms with E-state index in [1.165, 1.54) is 0 Å². The second kappa shape index (κ2) is 8.42. The van der Waals surface area contributed by atoms with Crippen LogP contribution in [0.1, 0.15) is 0 Å². The largest absolute Gasteiger partial charge is 0.394 e. The molecule has 0 amide bonds. The molecule has 0 aromatic heterocycles. The van der Waals surface area contributed by atoms with Gasteiger partial charge in [0.1, 0.15) is 18.3 Å². The zero-order valence-electron chi connectivity index (χ0n) is 7.96. The molecule has 88 valence electrons. The minimum atomic E-state index is -1.55. The first-order chi connectivity index (χ1) is 6.04. The van der Waals surface area contributed by atoms with Crippen molar-refractivity contribution in [3.63, 3.8) is 0 Å². The third-order valence-electron chi connectivity index (χ3n) is 1.74. The Hall–Kier alpha value is 0.110. The number of rotatable bonds is 6. The SMILES string of the molecule is CNC[C@H](O)[C@@H](O)[C@H](O)[C@H](O)CO.S. The number of hydrogen-bond donors (Lipinski definition) is 6. The molecule has 0 aliphatic heterocycles. The Bertz CT molecular complexity index is 139. The second-order valence-corrected chi connectivity index (χ2v) is 2.86. The molecule has 0 saturated heterocycles. The van der Waals surface area contributed by atoms with Gasteiger partial charge in [-0.1, -0.05) is 0 Å². The number of nitrogens with one attached hydrogen (secondary N) is 1. The van der Waals surface area contributed by atoms with Gasteiger partial charge in [-0.05, 0) is 7.05 Å². The van der Waals surface area contributed by atoms with Crippen molar-refractivity contribution in [3.05, 3.63) is 0 Å². The van der Waals surface area contributed by atoms with Crippen LogP contribution in [0.4, 0.5) is 0 Å². The molecule has 0 aliphatic rings. The highest BCUT2D eigenvalue weighted by Crippen LogP contribution is 2.04. The second-order valence-electron chi connectivity index (χ2n) is 2.86. The van der Waals surface area contributed by atoms with Crippen LogP contribution < -0.4 is 5.32 Å². The van der Waals surface area contributed by atoms with Crippen LogP contribution in [-0.2, 0) is 0 Å². The lowest BCUT2D eigenvalue weighted by atomic mass is 10.0. The molecule has 0 fully saturated rings. The number of likely N-dealkylation sites (N-methyl/N-ethyl adjacent to an activating group) is 1. The third-order valence-corrected chi connectivity index (χ3v) is 1.74. The van der Waals surface area contributed by atoms with Crippen LogP contribution in [0.25, 0.3) is 0 Å². The maximum absolute atomic E-state index is 9.21. The van der Waals surface area contributed by atoms with Crippen LogP contribution in [0.15, 0.2) is 0 Å². The van der Waals surface area contributed by atoms with Crippen LogP contribution in [0.5, 0.6) is 0 Å². The fourth-order valence-electron chi connectivity index (χ4n) is 0.893. The summed E-state index contributed by atoms with van der Waals surface area (Å²) in [7, 11) is 1.57. The normalized spacial score (nSPS) is 19.3. The van der Waals surface area contributed by atoms with Crippen molar-refractivity contribution in [2.45, 2.75) is 24.4 Å². The van der Waals surface area contributed by atoms with Crippen molar-refractivity contribution in [3.8, 4) is 0 Å². The van der Waals surface area contributed by atoms with Gasteiger partial charge in [-0.2, -0.15) is 13.5 Å². The summed E-state index contributed by atoms with van der Waals surface area (Å²) in [6, 6.07) is 0. The third kappa shape index (κ3) is 5.11. The molecular formula is C7H19NO5S. The Morgan fingerprint density at radius 2 is 1.43 bits per heavy atom. The molecule has 0 rings (SSSR count). The highest BCUT2D eigenvalue weighted by Gasteiger charge is 2.29. The van der Waals surface area contributed by atoms with Gasteiger partial charge in [0, 0.05) is 6.54 Å². The van der Waals surface area contributed by atoms with E-state index in [0.29, 0.717) is 0 Å². The smallest absolute Gasteiger partial charge is 0.111 e. The monoisotopic (exact) mass is 229 g/mol. The molecule has 0 aliphatic carbocycles. The summed E-state index contributed by atoms with van der Waals surface area (Å²) in [6.45, 7) is -0.569. The Labute approximate surface area is 89.6 Å². The average molecular weight is 229 g/mol. The standard InChI is InChI=1S/C7H17NO5.H2S/c1-8-2-4(10)6(12)7(13)5(11)3-9;/h4-13H,2-3H2,1H3;1H2/t4-,5+,6+,7+;/m0./s1. The predicted molar refractivity (Wildman–Crippen MR) is 55.4 cm³/mol. The van der Waals surface area contributed by atoms with Gasteiger partial charge in [-0.3, -0.25) is 0 Å². The Kier molecular flexibility index (Phi) is 9.95. The van der Waals surface area contributed by atoms with Gasteiger partial charge >= 0.3 is 0 Å². The van der Waals surface area contributed by atoms with Crippen LogP contribution in [-0.4, -0.2) is 70.1 Å². The molecular weight excluding hydrogens is 210 g/mol. The average Bonchev–Trinajstić information content (AvgIpc) is 2.14. The zero-order chi connectivity index (χ0) is 10.4. The van der Waals surface area contributed by atoms with Gasteiger partial charge in [-0.25, -0.2) is 0 Å². The first kappa shape index (κ1) is 16.5. The van der Waals surface area contributed by atoms with Crippen molar-refractivity contribution in [2.75, 3.05) is 20.2 Å². The summed E-state index contributed by atoms with van der Waals surface area (Å²) in [5.74, 6) is 0. The fraction of sp³-hybridized carbons (Fsp3) is 1.00. The minimum Gasteiger partial charge on any atom is -0.394 e. The van der Waals surface area contributed by atoms with E-state index in [1.807, 2.05) is 0 Å². The topological polar surface area (TPSA) is 113 Å². The van der Waals surface area contributed by atoms with Gasteiger partial charge in [0.25, 0.3) is 0 Å². The lowest BCUT2D eigenvalue weighted by Gasteiger charge is -2.25. The van der Waals surface area contributed by atoms with E-state index >= 15 is 0 Å². The molecule has 0 bridgehead atoms. The molecule has 7 heteroatoms. The van der Waals surface area contributed by atoms with Gasteiger partial charge in [0.2, 0.25) is 0 Å². The molecule has 4 atom stereocenters. The van der Waals surface area contributed by atoms with Crippen LogP contribution in [0.2, 0.25) is 0 Å². The Morgan fingerprint density at radius 3 is 1.79 bits per heavy atom. The fourth-order valence-corrected chi connectivity index (χ4v) is 0.893. The highest BCUT2D eigenvalue weighted by molar-refractivity contribution is 7.59. The summed E-state index contributed by atoms with van der Waals surface area (Å²) >= 11 is 0. The van der Waals surface area contributed by atoms with Gasteiger partial charge in [-0.15, -0.1) is 0 Å². The summed E-state index contributed by atoms with van der Waals surface area (Å²) in [5.41, 5.74) is 0. The van der Waals surface area contributed by atoms with Crippen molar-refractivity contribution in [1.82, 2.24) is 5.32 Å². The summed E-state index contributed by atoms with van der Waals surface area (Å²) in [6.07, 6.45) is -5.65. The van der Waals surface area contributed by atoms with E-state index in [9.17, 15) is 5.11 Å². The van der Waals surface area contributed by atoms with Gasteiger partial charge in [0.15, 0.2) is 0 Å². The molecule has 6 N–H and O–H groups in total. The molecule has 0 radical (unpaired) electrons.